The second-order valence-electron chi connectivity index (χ2n) is 9.77. The second-order valence-corrected chi connectivity index (χ2v) is 11.1. The van der Waals surface area contributed by atoms with Gasteiger partial charge in [-0.3, -0.25) is 9.69 Å². The molecule has 4 nitrogen and oxygen atoms in total. The van der Waals surface area contributed by atoms with E-state index in [2.05, 4.69) is 84.5 Å². The minimum absolute atomic E-state index is 0.0735. The smallest absolute Gasteiger partial charge is 0.251 e. The normalized spacial score (nSPS) is 17.5. The summed E-state index contributed by atoms with van der Waals surface area (Å²) >= 11 is 2.07. The number of thioether (sulfide) groups is 1. The number of rotatable bonds is 6. The van der Waals surface area contributed by atoms with Gasteiger partial charge < -0.3 is 10.1 Å². The molecule has 1 unspecified atom stereocenters. The molecule has 0 saturated carbocycles. The first kappa shape index (κ1) is 24.7. The number of amides is 1. The monoisotopic (exact) mass is 498 g/mol. The van der Waals surface area contributed by atoms with Crippen LogP contribution >= 0.6 is 11.8 Å². The molecule has 5 rings (SSSR count). The predicted molar refractivity (Wildman–Crippen MR) is 151 cm³/mol. The summed E-state index contributed by atoms with van der Waals surface area (Å²) in [4.78, 5) is 15.6. The lowest BCUT2D eigenvalue weighted by molar-refractivity contribution is -0.113. The van der Waals surface area contributed by atoms with Crippen LogP contribution in [0.25, 0.3) is 17.2 Å². The summed E-state index contributed by atoms with van der Waals surface area (Å²) in [6.07, 6.45) is 6.48. The van der Waals surface area contributed by atoms with Gasteiger partial charge >= 0.3 is 0 Å². The molecular weight excluding hydrogens is 464 g/mol. The molecule has 2 heterocycles. The minimum Gasteiger partial charge on any atom is -0.493 e. The summed E-state index contributed by atoms with van der Waals surface area (Å²) < 4.78 is 5.95. The van der Waals surface area contributed by atoms with Crippen LogP contribution in [0.4, 0.5) is 5.69 Å². The summed E-state index contributed by atoms with van der Waals surface area (Å²) in [7, 11) is 2.21. The quantitative estimate of drug-likeness (QED) is 0.392. The van der Waals surface area contributed by atoms with Crippen molar-refractivity contribution in [2.75, 3.05) is 24.7 Å². The average molecular weight is 499 g/mol. The number of carbonyl (C=O) groups excluding carboxylic acids is 1. The van der Waals surface area contributed by atoms with Crippen molar-refractivity contribution in [3.63, 3.8) is 0 Å². The van der Waals surface area contributed by atoms with Crippen LogP contribution in [-0.4, -0.2) is 35.6 Å². The number of fused-ring (bicyclic) bond motifs is 1. The van der Waals surface area contributed by atoms with Crippen LogP contribution in [0.5, 0.6) is 5.75 Å². The highest BCUT2D eigenvalue weighted by Gasteiger charge is 2.19. The fourth-order valence-corrected chi connectivity index (χ4v) is 6.10. The SMILES string of the molecule is Cc1ccc(-c2ccc3c(c2)C=C(C(=O)Nc2ccc(CN(C)C4CCCCS4)cc2)CCO3)cc1. The number of benzene rings is 3. The predicted octanol–water partition coefficient (Wildman–Crippen LogP) is 7.14. The largest absolute Gasteiger partial charge is 0.493 e. The highest BCUT2D eigenvalue weighted by molar-refractivity contribution is 7.99. The summed E-state index contributed by atoms with van der Waals surface area (Å²) in [5, 5.41) is 3.69. The molecule has 0 spiro atoms. The molecular formula is C31H34N2O2S. The molecule has 0 bridgehead atoms. The summed E-state index contributed by atoms with van der Waals surface area (Å²) in [6, 6.07) is 22.9. The zero-order chi connectivity index (χ0) is 24.9. The Kier molecular flexibility index (Phi) is 7.78. The molecule has 1 fully saturated rings. The van der Waals surface area contributed by atoms with Crippen LogP contribution in [0.1, 0.15) is 42.4 Å². The topological polar surface area (TPSA) is 41.6 Å². The average Bonchev–Trinajstić information content (AvgIpc) is 3.13. The molecule has 3 aromatic carbocycles. The first-order valence-corrected chi connectivity index (χ1v) is 13.9. The fourth-order valence-electron chi connectivity index (χ4n) is 4.79. The van der Waals surface area contributed by atoms with Crippen LogP contribution in [0.15, 0.2) is 72.3 Å². The molecule has 1 atom stereocenters. The number of nitrogens with one attached hydrogen (secondary N) is 1. The third kappa shape index (κ3) is 6.03. The van der Waals surface area contributed by atoms with E-state index < -0.39 is 0 Å². The van der Waals surface area contributed by atoms with Gasteiger partial charge in [0.15, 0.2) is 0 Å². The van der Waals surface area contributed by atoms with Crippen molar-refractivity contribution >= 4 is 29.4 Å². The zero-order valence-corrected chi connectivity index (χ0v) is 21.9. The molecule has 36 heavy (non-hydrogen) atoms. The number of hydrogen-bond acceptors (Lipinski definition) is 4. The molecule has 0 aliphatic carbocycles. The van der Waals surface area contributed by atoms with Gasteiger partial charge in [0.2, 0.25) is 0 Å². The van der Waals surface area contributed by atoms with Gasteiger partial charge in [0, 0.05) is 29.8 Å². The molecule has 2 aliphatic rings. The lowest BCUT2D eigenvalue weighted by Gasteiger charge is -2.30. The van der Waals surface area contributed by atoms with Crippen molar-refractivity contribution in [2.45, 2.75) is 44.5 Å². The first-order chi connectivity index (χ1) is 17.5. The van der Waals surface area contributed by atoms with E-state index in [1.807, 2.05) is 24.3 Å². The Hall–Kier alpha value is -3.02. The third-order valence-corrected chi connectivity index (χ3v) is 8.44. The van der Waals surface area contributed by atoms with Gasteiger partial charge in [0.05, 0.1) is 12.0 Å². The van der Waals surface area contributed by atoms with E-state index in [1.54, 1.807) is 0 Å². The lowest BCUT2D eigenvalue weighted by atomic mass is 10.00. The van der Waals surface area contributed by atoms with E-state index in [1.165, 1.54) is 36.1 Å². The Labute approximate surface area is 218 Å². The van der Waals surface area contributed by atoms with Crippen LogP contribution in [0, 0.1) is 6.92 Å². The van der Waals surface area contributed by atoms with Crippen LogP contribution in [-0.2, 0) is 11.3 Å². The van der Waals surface area contributed by atoms with Crippen molar-refractivity contribution in [2.24, 2.45) is 0 Å². The molecule has 0 aromatic heterocycles. The molecule has 186 valence electrons. The Morgan fingerprint density at radius 3 is 2.56 bits per heavy atom. The van der Waals surface area contributed by atoms with Crippen molar-refractivity contribution < 1.29 is 9.53 Å². The van der Waals surface area contributed by atoms with Crippen molar-refractivity contribution in [3.8, 4) is 16.9 Å². The molecule has 3 aromatic rings. The van der Waals surface area contributed by atoms with Crippen molar-refractivity contribution in [3.05, 3.63) is 89.0 Å². The van der Waals surface area contributed by atoms with Gasteiger partial charge in [-0.1, -0.05) is 54.4 Å². The van der Waals surface area contributed by atoms with Crippen molar-refractivity contribution in [1.29, 1.82) is 0 Å². The highest BCUT2D eigenvalue weighted by Crippen LogP contribution is 2.32. The minimum atomic E-state index is -0.0735. The maximum atomic E-state index is 13.1. The van der Waals surface area contributed by atoms with Crippen molar-refractivity contribution in [1.82, 2.24) is 4.90 Å². The van der Waals surface area contributed by atoms with E-state index >= 15 is 0 Å². The van der Waals surface area contributed by atoms with Gasteiger partial charge in [0.1, 0.15) is 5.75 Å². The Balaban J connectivity index is 1.26. The molecule has 0 radical (unpaired) electrons. The maximum absolute atomic E-state index is 13.1. The van der Waals surface area contributed by atoms with E-state index in [-0.39, 0.29) is 5.91 Å². The number of nitrogens with zero attached hydrogens (tertiary/aromatic N) is 1. The number of anilines is 1. The molecule has 1 N–H and O–H groups in total. The third-order valence-electron chi connectivity index (χ3n) is 6.94. The first-order valence-electron chi connectivity index (χ1n) is 12.8. The molecule has 1 saturated heterocycles. The van der Waals surface area contributed by atoms with Crippen LogP contribution in [0.2, 0.25) is 0 Å². The van der Waals surface area contributed by atoms with Gasteiger partial charge in [-0.25, -0.2) is 0 Å². The molecule has 1 amide bonds. The van der Waals surface area contributed by atoms with Crippen LogP contribution < -0.4 is 10.1 Å². The lowest BCUT2D eigenvalue weighted by Crippen LogP contribution is -2.30. The molecule has 2 aliphatic heterocycles. The number of aryl methyl sites for hydroxylation is 1. The van der Waals surface area contributed by atoms with E-state index in [0.717, 1.165) is 40.2 Å². The Bertz CT molecular complexity index is 1230. The zero-order valence-electron chi connectivity index (χ0n) is 21.1. The highest BCUT2D eigenvalue weighted by atomic mass is 32.2. The van der Waals surface area contributed by atoms with E-state index in [4.69, 9.17) is 4.74 Å². The number of carbonyl (C=O) groups is 1. The van der Waals surface area contributed by atoms with Crippen LogP contribution in [0.3, 0.4) is 0 Å². The summed E-state index contributed by atoms with van der Waals surface area (Å²) in [6.45, 7) is 3.50. The Morgan fingerprint density at radius 2 is 1.81 bits per heavy atom. The van der Waals surface area contributed by atoms with Gasteiger partial charge in [-0.15, -0.1) is 11.8 Å². The van der Waals surface area contributed by atoms with Gasteiger partial charge in [-0.05, 0) is 79.6 Å². The van der Waals surface area contributed by atoms with Gasteiger partial charge in [0.25, 0.3) is 5.91 Å². The standard InChI is InChI=1S/C31H34N2O2S/c1-22-6-10-24(11-7-22)25-12-15-29-27(19-25)20-26(16-17-35-29)31(34)32-28-13-8-23(9-14-28)21-33(2)30-5-3-4-18-36-30/h6-15,19-20,30H,3-5,16-18,21H2,1-2H3,(H,32,34). The fraction of sp³-hybridized carbons (Fsp3) is 0.323. The Morgan fingerprint density at radius 1 is 1.03 bits per heavy atom. The van der Waals surface area contributed by atoms with Gasteiger partial charge in [-0.2, -0.15) is 0 Å². The maximum Gasteiger partial charge on any atom is 0.251 e. The second kappa shape index (κ2) is 11.4. The summed E-state index contributed by atoms with van der Waals surface area (Å²) in [5.74, 6) is 2.01. The van der Waals surface area contributed by atoms with E-state index in [0.29, 0.717) is 18.4 Å². The van der Waals surface area contributed by atoms with E-state index in [9.17, 15) is 4.79 Å². The number of hydrogen-bond donors (Lipinski definition) is 1. The summed E-state index contributed by atoms with van der Waals surface area (Å²) in [5.41, 5.74) is 7.25. The number of ether oxygens (including phenoxy) is 1. The molecule has 5 heteroatoms.